The van der Waals surface area contributed by atoms with E-state index in [1.54, 1.807) is 12.1 Å². The van der Waals surface area contributed by atoms with Crippen LogP contribution in [-0.2, 0) is 28.7 Å². The van der Waals surface area contributed by atoms with Crippen molar-refractivity contribution < 1.29 is 38.1 Å². The van der Waals surface area contributed by atoms with Gasteiger partial charge in [-0.1, -0.05) is 13.5 Å². The summed E-state index contributed by atoms with van der Waals surface area (Å²) in [5, 5.41) is 0. The van der Waals surface area contributed by atoms with Gasteiger partial charge in [-0.15, -0.1) is 0 Å². The number of benzene rings is 1. The van der Waals surface area contributed by atoms with Crippen LogP contribution >= 0.6 is 0 Å². The van der Waals surface area contributed by atoms with Gasteiger partial charge in [0.1, 0.15) is 24.7 Å². The average Bonchev–Trinajstić information content (AvgIpc) is 2.76. The molecule has 0 unspecified atom stereocenters. The minimum Gasteiger partial charge on any atom is -0.462 e. The molecule has 168 valence electrons. The van der Waals surface area contributed by atoms with E-state index in [1.807, 2.05) is 0 Å². The fourth-order valence-electron chi connectivity index (χ4n) is 3.09. The fraction of sp³-hybridized carbons (Fsp3) is 0.478. The smallest absolute Gasteiger partial charge is 0.330 e. The number of hydrogen-bond donors (Lipinski definition) is 0. The van der Waals surface area contributed by atoms with E-state index < -0.39 is 17.9 Å². The largest absolute Gasteiger partial charge is 0.462 e. The highest BCUT2D eigenvalue weighted by molar-refractivity contribution is 5.81. The van der Waals surface area contributed by atoms with Crippen LogP contribution in [0.15, 0.2) is 36.9 Å². The molecule has 0 aliphatic heterocycles. The maximum absolute atomic E-state index is 12.2. The zero-order valence-corrected chi connectivity index (χ0v) is 17.7. The van der Waals surface area contributed by atoms with Crippen molar-refractivity contribution in [2.45, 2.75) is 45.4 Å². The van der Waals surface area contributed by atoms with Gasteiger partial charge in [0.25, 0.3) is 0 Å². The van der Waals surface area contributed by atoms with E-state index in [-0.39, 0.29) is 43.7 Å². The summed E-state index contributed by atoms with van der Waals surface area (Å²) in [5.74, 6) is -0.782. The molecular weight excluding hydrogens is 404 g/mol. The molecule has 0 saturated heterocycles. The Labute approximate surface area is 181 Å². The van der Waals surface area contributed by atoms with Crippen LogP contribution in [0.2, 0.25) is 0 Å². The summed E-state index contributed by atoms with van der Waals surface area (Å²) in [6.07, 6.45) is 4.43. The van der Waals surface area contributed by atoms with Crippen molar-refractivity contribution in [3.63, 3.8) is 0 Å². The van der Waals surface area contributed by atoms with Crippen molar-refractivity contribution in [3.8, 4) is 11.5 Å². The van der Waals surface area contributed by atoms with Crippen molar-refractivity contribution in [2.75, 3.05) is 13.2 Å². The van der Waals surface area contributed by atoms with Gasteiger partial charge in [0, 0.05) is 6.08 Å². The molecule has 0 radical (unpaired) electrons. The Kier molecular flexibility index (Phi) is 9.74. The summed E-state index contributed by atoms with van der Waals surface area (Å²) in [4.78, 5) is 46.5. The Balaban J connectivity index is 1.66. The summed E-state index contributed by atoms with van der Waals surface area (Å²) in [6, 6.07) is 6.17. The first kappa shape index (κ1) is 24.1. The normalized spacial score (nSPS) is 17.8. The Morgan fingerprint density at radius 2 is 1.42 bits per heavy atom. The molecule has 8 nitrogen and oxygen atoms in total. The number of carbonyl (C=O) groups excluding carboxylic acids is 4. The second-order valence-corrected chi connectivity index (χ2v) is 7.42. The number of esters is 4. The van der Waals surface area contributed by atoms with Gasteiger partial charge in [-0.3, -0.25) is 14.4 Å². The van der Waals surface area contributed by atoms with E-state index in [1.165, 1.54) is 12.1 Å². The number of carbonyl (C=O) groups is 4. The molecule has 0 aromatic heterocycles. The van der Waals surface area contributed by atoms with Crippen LogP contribution in [0.25, 0.3) is 0 Å². The van der Waals surface area contributed by atoms with E-state index in [4.69, 9.17) is 14.2 Å². The lowest BCUT2D eigenvalue weighted by atomic mass is 9.83. The molecule has 1 aliphatic rings. The van der Waals surface area contributed by atoms with Crippen LogP contribution in [0.1, 0.15) is 45.4 Å². The lowest BCUT2D eigenvalue weighted by molar-refractivity contribution is -0.151. The molecule has 0 N–H and O–H groups in total. The molecule has 0 heterocycles. The average molecular weight is 432 g/mol. The fourth-order valence-corrected chi connectivity index (χ4v) is 3.09. The van der Waals surface area contributed by atoms with Crippen LogP contribution in [-0.4, -0.2) is 37.1 Å². The second-order valence-electron chi connectivity index (χ2n) is 7.42. The van der Waals surface area contributed by atoms with Gasteiger partial charge >= 0.3 is 23.9 Å². The molecule has 8 heteroatoms. The summed E-state index contributed by atoms with van der Waals surface area (Å²) >= 11 is 0. The maximum atomic E-state index is 12.2. The second kappa shape index (κ2) is 12.5. The molecule has 0 atom stereocenters. The van der Waals surface area contributed by atoms with Crippen LogP contribution in [0.3, 0.4) is 0 Å². The zero-order valence-electron chi connectivity index (χ0n) is 17.7. The van der Waals surface area contributed by atoms with Crippen LogP contribution in [0, 0.1) is 11.8 Å². The van der Waals surface area contributed by atoms with E-state index >= 15 is 0 Å². The molecule has 0 amide bonds. The topological polar surface area (TPSA) is 105 Å². The molecule has 1 aromatic carbocycles. The highest BCUT2D eigenvalue weighted by Crippen LogP contribution is 2.29. The summed E-state index contributed by atoms with van der Waals surface area (Å²) < 4.78 is 20.1. The van der Waals surface area contributed by atoms with Gasteiger partial charge in [0.05, 0.1) is 18.8 Å². The van der Waals surface area contributed by atoms with Crippen molar-refractivity contribution in [2.24, 2.45) is 11.8 Å². The van der Waals surface area contributed by atoms with Crippen molar-refractivity contribution in [1.82, 2.24) is 0 Å². The number of ether oxygens (including phenoxy) is 4. The Bertz CT molecular complexity index is 775. The lowest BCUT2D eigenvalue weighted by Gasteiger charge is -2.24. The predicted octanol–water partition coefficient (Wildman–Crippen LogP) is 3.38. The molecular formula is C23H28O8. The molecule has 0 spiro atoms. The standard InChI is InChI=1S/C23H28O8/c1-3-20(24)28-14-15-29-21(25)12-13-22(26)30-18-8-10-19(11-9-18)31-23(27)17-6-4-16(2)5-7-17/h3,8-11,16-17H,1,4-7,12-15H2,2H3. The van der Waals surface area contributed by atoms with Gasteiger partial charge in [0.15, 0.2) is 0 Å². The van der Waals surface area contributed by atoms with E-state index in [0.29, 0.717) is 11.7 Å². The third kappa shape index (κ3) is 9.02. The van der Waals surface area contributed by atoms with Gasteiger partial charge in [0.2, 0.25) is 0 Å². The summed E-state index contributed by atoms with van der Waals surface area (Å²) in [7, 11) is 0. The van der Waals surface area contributed by atoms with E-state index in [2.05, 4.69) is 18.2 Å². The lowest BCUT2D eigenvalue weighted by Crippen LogP contribution is -2.24. The number of hydrogen-bond acceptors (Lipinski definition) is 8. The SMILES string of the molecule is C=CC(=O)OCCOC(=O)CCC(=O)Oc1ccc(OC(=O)C2CCC(C)CC2)cc1. The van der Waals surface area contributed by atoms with Crippen molar-refractivity contribution in [3.05, 3.63) is 36.9 Å². The quantitative estimate of drug-likeness (QED) is 0.240. The molecule has 1 fully saturated rings. The monoisotopic (exact) mass is 432 g/mol. The maximum Gasteiger partial charge on any atom is 0.330 e. The van der Waals surface area contributed by atoms with Gasteiger partial charge in [-0.05, 0) is 55.9 Å². The van der Waals surface area contributed by atoms with Gasteiger partial charge in [-0.2, -0.15) is 0 Å². The summed E-state index contributed by atoms with van der Waals surface area (Å²) in [5.41, 5.74) is 0. The molecule has 31 heavy (non-hydrogen) atoms. The zero-order chi connectivity index (χ0) is 22.6. The van der Waals surface area contributed by atoms with E-state index in [0.717, 1.165) is 31.8 Å². The van der Waals surface area contributed by atoms with Gasteiger partial charge in [-0.25, -0.2) is 4.79 Å². The molecule has 1 saturated carbocycles. The van der Waals surface area contributed by atoms with Gasteiger partial charge < -0.3 is 18.9 Å². The molecule has 2 rings (SSSR count). The van der Waals surface area contributed by atoms with Crippen LogP contribution in [0.5, 0.6) is 11.5 Å². The Hall–Kier alpha value is -3.16. The third-order valence-corrected chi connectivity index (χ3v) is 4.91. The Morgan fingerprint density at radius 1 is 0.871 bits per heavy atom. The molecule has 1 aromatic rings. The van der Waals surface area contributed by atoms with E-state index in [9.17, 15) is 19.2 Å². The highest BCUT2D eigenvalue weighted by Gasteiger charge is 2.26. The highest BCUT2D eigenvalue weighted by atomic mass is 16.6. The van der Waals surface area contributed by atoms with Crippen LogP contribution < -0.4 is 9.47 Å². The number of rotatable bonds is 10. The minimum absolute atomic E-state index is 0.0671. The summed E-state index contributed by atoms with van der Waals surface area (Å²) in [6.45, 7) is 5.24. The minimum atomic E-state index is -0.607. The first-order valence-corrected chi connectivity index (χ1v) is 10.3. The van der Waals surface area contributed by atoms with Crippen molar-refractivity contribution in [1.29, 1.82) is 0 Å². The third-order valence-electron chi connectivity index (χ3n) is 4.91. The van der Waals surface area contributed by atoms with Crippen LogP contribution in [0.4, 0.5) is 0 Å². The molecule has 0 bridgehead atoms. The Morgan fingerprint density at radius 3 is 2.03 bits per heavy atom. The molecule has 1 aliphatic carbocycles. The first-order chi connectivity index (χ1) is 14.9. The van der Waals surface area contributed by atoms with Crippen molar-refractivity contribution >= 4 is 23.9 Å². The predicted molar refractivity (Wildman–Crippen MR) is 110 cm³/mol. The first-order valence-electron chi connectivity index (χ1n) is 10.3.